The maximum Gasteiger partial charge on any atom is 3.00 e. The van der Waals surface area contributed by atoms with E-state index >= 15 is 0 Å². The Morgan fingerprint density at radius 3 is 1.37 bits per heavy atom. The number of nitrogens with zero attached hydrogens (tertiary/aromatic N) is 4. The van der Waals surface area contributed by atoms with Crippen molar-refractivity contribution in [3.63, 3.8) is 0 Å². The first-order valence-electron chi connectivity index (χ1n) is 13.1. The second-order valence-electron chi connectivity index (χ2n) is 9.26. The van der Waals surface area contributed by atoms with Crippen LogP contribution >= 0.6 is 0 Å². The summed E-state index contributed by atoms with van der Waals surface area (Å²) >= 11 is 0. The van der Waals surface area contributed by atoms with Gasteiger partial charge in [-0.3, -0.25) is 14.9 Å². The van der Waals surface area contributed by atoms with E-state index in [9.17, 15) is 10.2 Å². The molecule has 43 heavy (non-hydrogen) atoms. The van der Waals surface area contributed by atoms with E-state index < -0.39 is 16.6 Å². The van der Waals surface area contributed by atoms with Gasteiger partial charge in [-0.1, -0.05) is 84.9 Å². The van der Waals surface area contributed by atoms with Crippen LogP contribution in [-0.2, 0) is 36.7 Å². The van der Waals surface area contributed by atoms with E-state index in [-0.39, 0.29) is 17.1 Å². The molecule has 2 heterocycles. The first kappa shape index (κ1) is 32.5. The van der Waals surface area contributed by atoms with E-state index in [0.717, 1.165) is 31.0 Å². The van der Waals surface area contributed by atoms with Crippen molar-refractivity contribution in [1.29, 1.82) is 0 Å². The number of fused-ring (bicyclic) bond motifs is 2. The Labute approximate surface area is 259 Å². The number of para-hydroxylation sites is 2. The summed E-state index contributed by atoms with van der Waals surface area (Å²) in [7, 11) is 0. The average molecular weight is 615 g/mol. The number of rotatable bonds is 6. The third-order valence-electron chi connectivity index (χ3n) is 6.34. The molecule has 0 amide bonds. The van der Waals surface area contributed by atoms with Crippen LogP contribution < -0.4 is 10.2 Å². The molecule has 6 aromatic rings. The second kappa shape index (κ2) is 16.4. The molecule has 2 aromatic heterocycles. The first-order chi connectivity index (χ1) is 20.4. The minimum Gasteiger partial charge on any atom is -0.873 e. The van der Waals surface area contributed by atoms with Crippen LogP contribution in [-0.4, -0.2) is 20.0 Å². The van der Waals surface area contributed by atoms with Gasteiger partial charge in [0.2, 0.25) is 0 Å². The van der Waals surface area contributed by atoms with Crippen LogP contribution in [0, 0.1) is 15.3 Å². The summed E-state index contributed by atoms with van der Waals surface area (Å²) in [6, 6.07) is 37.4. The molecule has 0 fully saturated rings. The predicted molar refractivity (Wildman–Crippen MR) is 159 cm³/mol. The number of benzene rings is 4. The van der Waals surface area contributed by atoms with Gasteiger partial charge >= 0.3 is 17.1 Å². The molecule has 6 rings (SSSR count). The molecule has 0 bridgehead atoms. The van der Waals surface area contributed by atoms with Gasteiger partial charge in [-0.15, -0.1) is 11.5 Å². The van der Waals surface area contributed by atoms with Gasteiger partial charge in [-0.2, -0.15) is 0 Å². The van der Waals surface area contributed by atoms with Crippen molar-refractivity contribution in [3.05, 3.63) is 160 Å². The van der Waals surface area contributed by atoms with E-state index in [0.29, 0.717) is 0 Å². The molecule has 0 aliphatic carbocycles. The summed E-state index contributed by atoms with van der Waals surface area (Å²) < 4.78 is 0. The van der Waals surface area contributed by atoms with Gasteiger partial charge < -0.3 is 25.5 Å². The Balaban J connectivity index is 0.000000329. The Bertz CT molecular complexity index is 1620. The third-order valence-corrected chi connectivity index (χ3v) is 6.34. The normalized spacial score (nSPS) is 10.2. The maximum absolute atomic E-state index is 10.3. The van der Waals surface area contributed by atoms with Crippen LogP contribution in [0.4, 0.5) is 0 Å². The summed E-state index contributed by atoms with van der Waals surface area (Å²) in [5.41, 5.74) is 3.49. The maximum atomic E-state index is 10.3. The fourth-order valence-electron chi connectivity index (χ4n) is 4.56. The smallest absolute Gasteiger partial charge is 0.873 e. The Kier molecular flexibility index (Phi) is 12.4. The number of pyridine rings is 2. The molecule has 10 heteroatoms. The minimum atomic E-state index is -1.75. The first-order valence-corrected chi connectivity index (χ1v) is 13.1. The molecule has 0 spiro atoms. The van der Waals surface area contributed by atoms with Gasteiger partial charge in [0.1, 0.15) is 0 Å². The van der Waals surface area contributed by atoms with Gasteiger partial charge in [-0.05, 0) is 57.4 Å². The molecular formula is C33H27FeN4O5. The fraction of sp³-hybridized carbons (Fsp3) is 0.0909. The zero-order chi connectivity index (χ0) is 29.7. The quantitative estimate of drug-likeness (QED) is 0.102. The molecule has 9 nitrogen and oxygen atoms in total. The number of aromatic nitrogens is 2. The fourth-order valence-corrected chi connectivity index (χ4v) is 4.56. The van der Waals surface area contributed by atoms with Crippen LogP contribution in [0.15, 0.2) is 128 Å². The summed E-state index contributed by atoms with van der Waals surface area (Å²) in [5.74, 6) is -0.875. The van der Waals surface area contributed by atoms with Gasteiger partial charge in [0, 0.05) is 32.0 Å². The van der Waals surface area contributed by atoms with E-state index in [4.69, 9.17) is 15.3 Å². The van der Waals surface area contributed by atoms with Crippen LogP contribution in [0.5, 0.6) is 11.5 Å². The second-order valence-corrected chi connectivity index (χ2v) is 9.26. The molecule has 217 valence electrons. The standard InChI is InChI=1S/C27H23N3.C6H6O2.Fe.NO3/c1-3-13-25-21(9-1)17-22-10-2-4-14-26(22)27(25)20-30(18-23-11-5-7-15-28-23)19-24-12-6-8-16-29-24;7-5-3-1-2-4-6(5)8;;2-1(3)4/h1-17H,18-20H2;1-4,7-8H;;/q;;+3;-1/p-2. The van der Waals surface area contributed by atoms with Gasteiger partial charge in [0.15, 0.2) is 0 Å². The summed E-state index contributed by atoms with van der Waals surface area (Å²) in [6.45, 7) is 2.37. The van der Waals surface area contributed by atoms with Crippen molar-refractivity contribution in [2.24, 2.45) is 0 Å². The Morgan fingerprint density at radius 2 is 0.977 bits per heavy atom. The van der Waals surface area contributed by atoms with Crippen LogP contribution in [0.3, 0.4) is 0 Å². The minimum absolute atomic E-state index is 0. The molecule has 0 aliphatic rings. The Hall–Kier alpha value is -5.02. The average Bonchev–Trinajstić information content (AvgIpc) is 3.00. The van der Waals surface area contributed by atoms with E-state index in [1.165, 1.54) is 39.2 Å². The molecular weight excluding hydrogens is 588 g/mol. The van der Waals surface area contributed by atoms with Crippen LogP contribution in [0.2, 0.25) is 0 Å². The molecule has 4 aromatic carbocycles. The van der Waals surface area contributed by atoms with Gasteiger partial charge in [0.25, 0.3) is 0 Å². The zero-order valence-electron chi connectivity index (χ0n) is 22.9. The summed E-state index contributed by atoms with van der Waals surface area (Å²) in [5, 5.41) is 40.5. The van der Waals surface area contributed by atoms with Gasteiger partial charge in [-0.25, -0.2) is 0 Å². The van der Waals surface area contributed by atoms with E-state index in [1.54, 1.807) is 12.1 Å². The van der Waals surface area contributed by atoms with Crippen LogP contribution in [0.25, 0.3) is 21.5 Å². The molecule has 0 saturated heterocycles. The zero-order valence-corrected chi connectivity index (χ0v) is 24.0. The molecule has 0 saturated carbocycles. The summed E-state index contributed by atoms with van der Waals surface area (Å²) in [4.78, 5) is 19.8. The van der Waals surface area contributed by atoms with Crippen molar-refractivity contribution in [1.82, 2.24) is 14.9 Å². The third kappa shape index (κ3) is 9.79. The largest absolute Gasteiger partial charge is 3.00 e. The van der Waals surface area contributed by atoms with Crippen molar-refractivity contribution < 1.29 is 32.4 Å². The van der Waals surface area contributed by atoms with Crippen molar-refractivity contribution in [3.8, 4) is 11.5 Å². The molecule has 0 unspecified atom stereocenters. The van der Waals surface area contributed by atoms with Crippen molar-refractivity contribution >= 4 is 21.5 Å². The van der Waals surface area contributed by atoms with Gasteiger partial charge in [0.05, 0.1) is 16.5 Å². The molecule has 0 atom stereocenters. The van der Waals surface area contributed by atoms with Crippen molar-refractivity contribution in [2.45, 2.75) is 19.6 Å². The topological polar surface area (TPSA) is 141 Å². The summed E-state index contributed by atoms with van der Waals surface area (Å²) in [6.07, 6.45) is 3.73. The Morgan fingerprint density at radius 1 is 0.581 bits per heavy atom. The van der Waals surface area contributed by atoms with E-state index in [2.05, 4.69) is 93.7 Å². The SMILES string of the molecule is O=[N+]([O-])[O-].[Fe+3].[O-]c1ccccc1[O-].c1ccc(CN(Cc2ccccn2)Cc2c3ccccc3cc3ccccc23)nc1. The van der Waals surface area contributed by atoms with Crippen LogP contribution in [0.1, 0.15) is 17.0 Å². The monoisotopic (exact) mass is 615 g/mol. The van der Waals surface area contributed by atoms with Crippen molar-refractivity contribution in [2.75, 3.05) is 0 Å². The number of hydrogen-bond acceptors (Lipinski definition) is 8. The molecule has 0 N–H and O–H groups in total. The van der Waals surface area contributed by atoms with E-state index in [1.807, 2.05) is 24.5 Å². The number of hydrogen-bond donors (Lipinski definition) is 0. The molecule has 1 radical (unpaired) electrons. The molecule has 0 aliphatic heterocycles. The predicted octanol–water partition coefficient (Wildman–Crippen LogP) is 5.58.